The first-order valence-electron chi connectivity index (χ1n) is 7.10. The SMILES string of the molecule is CCCC(C)(CN)CN(C)CC1CCCCO1. The van der Waals surface area contributed by atoms with E-state index in [1.54, 1.807) is 0 Å². The molecule has 1 aliphatic rings. The molecule has 0 aromatic rings. The average molecular weight is 242 g/mol. The number of likely N-dealkylation sites (N-methyl/N-ethyl adjacent to an activating group) is 1. The van der Waals surface area contributed by atoms with Crippen LogP contribution in [0.2, 0.25) is 0 Å². The van der Waals surface area contributed by atoms with E-state index in [1.165, 1.54) is 32.1 Å². The maximum atomic E-state index is 5.92. The fourth-order valence-electron chi connectivity index (χ4n) is 2.86. The Morgan fingerprint density at radius 1 is 1.41 bits per heavy atom. The van der Waals surface area contributed by atoms with E-state index in [9.17, 15) is 0 Å². The average Bonchev–Trinajstić information content (AvgIpc) is 2.30. The van der Waals surface area contributed by atoms with Gasteiger partial charge in [0, 0.05) is 19.7 Å². The fraction of sp³-hybridized carbons (Fsp3) is 1.00. The normalized spacial score (nSPS) is 24.9. The summed E-state index contributed by atoms with van der Waals surface area (Å²) in [6.45, 7) is 8.39. The van der Waals surface area contributed by atoms with Crippen LogP contribution in [0.1, 0.15) is 46.0 Å². The molecule has 0 bridgehead atoms. The second kappa shape index (κ2) is 7.34. The molecular weight excluding hydrogens is 212 g/mol. The molecule has 1 rings (SSSR count). The summed E-state index contributed by atoms with van der Waals surface area (Å²) >= 11 is 0. The predicted molar refractivity (Wildman–Crippen MR) is 73.2 cm³/mol. The minimum Gasteiger partial charge on any atom is -0.377 e. The fourth-order valence-corrected chi connectivity index (χ4v) is 2.86. The summed E-state index contributed by atoms with van der Waals surface area (Å²) in [7, 11) is 2.20. The van der Waals surface area contributed by atoms with Crippen LogP contribution < -0.4 is 5.73 Å². The molecule has 3 heteroatoms. The van der Waals surface area contributed by atoms with Crippen LogP contribution in [0.4, 0.5) is 0 Å². The van der Waals surface area contributed by atoms with Gasteiger partial charge in [-0.3, -0.25) is 0 Å². The molecule has 0 aromatic heterocycles. The number of ether oxygens (including phenoxy) is 1. The van der Waals surface area contributed by atoms with Crippen molar-refractivity contribution in [2.45, 2.75) is 52.1 Å². The van der Waals surface area contributed by atoms with Crippen LogP contribution in [0.15, 0.2) is 0 Å². The molecule has 0 aliphatic carbocycles. The van der Waals surface area contributed by atoms with Crippen LogP contribution >= 0.6 is 0 Å². The molecule has 3 nitrogen and oxygen atoms in total. The molecule has 2 atom stereocenters. The van der Waals surface area contributed by atoms with Crippen molar-refractivity contribution in [2.75, 3.05) is 33.3 Å². The van der Waals surface area contributed by atoms with Crippen LogP contribution in [-0.2, 0) is 4.74 Å². The van der Waals surface area contributed by atoms with Crippen molar-refractivity contribution in [1.82, 2.24) is 4.90 Å². The second-order valence-electron chi connectivity index (χ2n) is 5.95. The van der Waals surface area contributed by atoms with Gasteiger partial charge in [-0.1, -0.05) is 20.3 Å². The van der Waals surface area contributed by atoms with E-state index in [-0.39, 0.29) is 5.41 Å². The summed E-state index contributed by atoms with van der Waals surface area (Å²) < 4.78 is 5.78. The highest BCUT2D eigenvalue weighted by Crippen LogP contribution is 2.23. The van der Waals surface area contributed by atoms with Gasteiger partial charge in [-0.05, 0) is 44.7 Å². The molecule has 0 spiro atoms. The van der Waals surface area contributed by atoms with Gasteiger partial charge in [0.1, 0.15) is 0 Å². The summed E-state index contributed by atoms with van der Waals surface area (Å²) in [5.74, 6) is 0. The Balaban J connectivity index is 2.33. The van der Waals surface area contributed by atoms with E-state index in [1.807, 2.05) is 0 Å². The third-order valence-electron chi connectivity index (χ3n) is 3.79. The minimum absolute atomic E-state index is 0.262. The highest BCUT2D eigenvalue weighted by atomic mass is 16.5. The number of hydrogen-bond donors (Lipinski definition) is 1. The van der Waals surface area contributed by atoms with E-state index in [0.717, 1.165) is 26.2 Å². The van der Waals surface area contributed by atoms with Gasteiger partial charge >= 0.3 is 0 Å². The minimum atomic E-state index is 0.262. The Hall–Kier alpha value is -0.120. The zero-order valence-electron chi connectivity index (χ0n) is 11.9. The predicted octanol–water partition coefficient (Wildman–Crippen LogP) is 2.25. The molecule has 1 saturated heterocycles. The quantitative estimate of drug-likeness (QED) is 0.744. The van der Waals surface area contributed by atoms with E-state index < -0.39 is 0 Å². The Labute approximate surface area is 107 Å². The van der Waals surface area contributed by atoms with Gasteiger partial charge in [-0.2, -0.15) is 0 Å². The molecule has 1 aliphatic heterocycles. The first kappa shape index (κ1) is 14.9. The second-order valence-corrected chi connectivity index (χ2v) is 5.95. The van der Waals surface area contributed by atoms with Crippen molar-refractivity contribution in [3.8, 4) is 0 Å². The molecule has 1 heterocycles. The summed E-state index contributed by atoms with van der Waals surface area (Å²) in [5, 5.41) is 0. The van der Waals surface area contributed by atoms with Gasteiger partial charge in [0.2, 0.25) is 0 Å². The lowest BCUT2D eigenvalue weighted by atomic mass is 9.85. The summed E-state index contributed by atoms with van der Waals surface area (Å²) in [5.41, 5.74) is 6.18. The zero-order valence-corrected chi connectivity index (χ0v) is 11.9. The van der Waals surface area contributed by atoms with Gasteiger partial charge in [0.05, 0.1) is 6.10 Å². The number of nitrogens with two attached hydrogens (primary N) is 1. The molecular formula is C14H30N2O. The van der Waals surface area contributed by atoms with E-state index >= 15 is 0 Å². The van der Waals surface area contributed by atoms with Gasteiger partial charge in [-0.15, -0.1) is 0 Å². The van der Waals surface area contributed by atoms with Crippen LogP contribution in [0.5, 0.6) is 0 Å². The molecule has 1 fully saturated rings. The van der Waals surface area contributed by atoms with E-state index in [2.05, 4.69) is 25.8 Å². The first-order chi connectivity index (χ1) is 8.09. The summed E-state index contributed by atoms with van der Waals surface area (Å²) in [6.07, 6.45) is 6.63. The number of nitrogens with zero attached hydrogens (tertiary/aromatic N) is 1. The molecule has 0 amide bonds. The smallest absolute Gasteiger partial charge is 0.0701 e. The first-order valence-corrected chi connectivity index (χ1v) is 7.10. The summed E-state index contributed by atoms with van der Waals surface area (Å²) in [4.78, 5) is 2.40. The van der Waals surface area contributed by atoms with Gasteiger partial charge in [-0.25, -0.2) is 0 Å². The van der Waals surface area contributed by atoms with Gasteiger partial charge in [0.25, 0.3) is 0 Å². The van der Waals surface area contributed by atoms with Crippen LogP contribution in [0.3, 0.4) is 0 Å². The lowest BCUT2D eigenvalue weighted by molar-refractivity contribution is -0.00706. The maximum Gasteiger partial charge on any atom is 0.0701 e. The zero-order chi connectivity index (χ0) is 12.7. The molecule has 17 heavy (non-hydrogen) atoms. The maximum absolute atomic E-state index is 5.92. The molecule has 0 saturated carbocycles. The standard InChI is InChI=1S/C14H30N2O/c1-4-8-14(2,11-15)12-16(3)10-13-7-5-6-9-17-13/h13H,4-12,15H2,1-3H3. The van der Waals surface area contributed by atoms with Crippen molar-refractivity contribution >= 4 is 0 Å². The third kappa shape index (κ3) is 5.36. The van der Waals surface area contributed by atoms with Crippen molar-refractivity contribution in [1.29, 1.82) is 0 Å². The molecule has 2 unspecified atom stereocenters. The van der Waals surface area contributed by atoms with E-state index in [0.29, 0.717) is 6.10 Å². The molecule has 102 valence electrons. The molecule has 0 radical (unpaired) electrons. The van der Waals surface area contributed by atoms with E-state index in [4.69, 9.17) is 10.5 Å². The van der Waals surface area contributed by atoms with Crippen molar-refractivity contribution < 1.29 is 4.74 Å². The molecule has 2 N–H and O–H groups in total. The lowest BCUT2D eigenvalue weighted by Crippen LogP contribution is -2.42. The number of hydrogen-bond acceptors (Lipinski definition) is 3. The Morgan fingerprint density at radius 2 is 2.18 bits per heavy atom. The van der Waals surface area contributed by atoms with Crippen molar-refractivity contribution in [3.05, 3.63) is 0 Å². The van der Waals surface area contributed by atoms with Crippen LogP contribution in [0.25, 0.3) is 0 Å². The van der Waals surface area contributed by atoms with Gasteiger partial charge in [0.15, 0.2) is 0 Å². The van der Waals surface area contributed by atoms with Gasteiger partial charge < -0.3 is 15.4 Å². The lowest BCUT2D eigenvalue weighted by Gasteiger charge is -2.35. The number of rotatable bonds is 7. The molecule has 0 aromatic carbocycles. The Kier molecular flexibility index (Phi) is 6.45. The van der Waals surface area contributed by atoms with Crippen molar-refractivity contribution in [2.24, 2.45) is 11.1 Å². The third-order valence-corrected chi connectivity index (χ3v) is 3.79. The highest BCUT2D eigenvalue weighted by molar-refractivity contribution is 4.79. The van der Waals surface area contributed by atoms with Crippen molar-refractivity contribution in [3.63, 3.8) is 0 Å². The topological polar surface area (TPSA) is 38.5 Å². The Morgan fingerprint density at radius 3 is 2.71 bits per heavy atom. The van der Waals surface area contributed by atoms with Crippen LogP contribution in [-0.4, -0.2) is 44.3 Å². The largest absolute Gasteiger partial charge is 0.377 e. The highest BCUT2D eigenvalue weighted by Gasteiger charge is 2.25. The summed E-state index contributed by atoms with van der Waals surface area (Å²) in [6, 6.07) is 0. The van der Waals surface area contributed by atoms with Crippen LogP contribution in [0, 0.1) is 5.41 Å². The monoisotopic (exact) mass is 242 g/mol. The Bertz CT molecular complexity index is 204.